The Morgan fingerprint density at radius 3 is 2.44 bits per heavy atom. The van der Waals surface area contributed by atoms with Gasteiger partial charge in [-0.1, -0.05) is 54.4 Å². The summed E-state index contributed by atoms with van der Waals surface area (Å²) >= 11 is 0. The number of oxazole rings is 1. The average Bonchev–Trinajstić information content (AvgIpc) is 3.07. The SMILES string of the molecule is CCCC[C@H](CC)C(=O)N(Cc1nc(C(=O)NCC(C)C)co1)CC(C)C. The van der Waals surface area contributed by atoms with E-state index in [2.05, 4.69) is 38.0 Å². The van der Waals surface area contributed by atoms with Gasteiger partial charge < -0.3 is 14.6 Å². The number of nitrogens with zero attached hydrogens (tertiary/aromatic N) is 2. The molecule has 1 rings (SSSR count). The van der Waals surface area contributed by atoms with Crippen LogP contribution in [0.25, 0.3) is 0 Å². The van der Waals surface area contributed by atoms with Gasteiger partial charge in [-0.25, -0.2) is 4.98 Å². The molecule has 6 heteroatoms. The lowest BCUT2D eigenvalue weighted by Gasteiger charge is -2.27. The van der Waals surface area contributed by atoms with E-state index in [0.717, 1.165) is 25.7 Å². The van der Waals surface area contributed by atoms with Crippen molar-refractivity contribution in [2.24, 2.45) is 17.8 Å². The lowest BCUT2D eigenvalue weighted by molar-refractivity contribution is -0.137. The van der Waals surface area contributed by atoms with Gasteiger partial charge in [0.1, 0.15) is 6.26 Å². The number of amides is 2. The fourth-order valence-electron chi connectivity index (χ4n) is 2.92. The van der Waals surface area contributed by atoms with Crippen molar-refractivity contribution in [1.82, 2.24) is 15.2 Å². The second-order valence-electron chi connectivity index (χ2n) is 8.09. The van der Waals surface area contributed by atoms with Crippen LogP contribution in [0.15, 0.2) is 10.7 Å². The van der Waals surface area contributed by atoms with E-state index in [9.17, 15) is 9.59 Å². The van der Waals surface area contributed by atoms with Crippen molar-refractivity contribution in [1.29, 1.82) is 0 Å². The zero-order valence-corrected chi connectivity index (χ0v) is 17.9. The second kappa shape index (κ2) is 11.8. The van der Waals surface area contributed by atoms with Gasteiger partial charge in [-0.2, -0.15) is 0 Å². The zero-order valence-electron chi connectivity index (χ0n) is 17.9. The summed E-state index contributed by atoms with van der Waals surface area (Å²) in [5.74, 6) is 1.07. The van der Waals surface area contributed by atoms with Gasteiger partial charge in [0.25, 0.3) is 5.91 Å². The molecule has 0 radical (unpaired) electrons. The highest BCUT2D eigenvalue weighted by molar-refractivity contribution is 5.91. The summed E-state index contributed by atoms with van der Waals surface area (Å²) in [5, 5.41) is 2.83. The number of carbonyl (C=O) groups is 2. The topological polar surface area (TPSA) is 75.4 Å². The second-order valence-corrected chi connectivity index (χ2v) is 8.09. The van der Waals surface area contributed by atoms with Gasteiger partial charge in [0.15, 0.2) is 5.69 Å². The molecule has 0 aromatic carbocycles. The van der Waals surface area contributed by atoms with Crippen molar-refractivity contribution in [2.75, 3.05) is 13.1 Å². The smallest absolute Gasteiger partial charge is 0.273 e. The van der Waals surface area contributed by atoms with Crippen LogP contribution in [0.3, 0.4) is 0 Å². The Labute approximate surface area is 164 Å². The van der Waals surface area contributed by atoms with E-state index >= 15 is 0 Å². The molecule has 1 aromatic rings. The predicted molar refractivity (Wildman–Crippen MR) is 107 cm³/mol. The first kappa shape index (κ1) is 23.2. The normalized spacial score (nSPS) is 12.4. The average molecular weight is 380 g/mol. The molecule has 6 nitrogen and oxygen atoms in total. The molecule has 27 heavy (non-hydrogen) atoms. The van der Waals surface area contributed by atoms with Gasteiger partial charge in [0, 0.05) is 19.0 Å². The molecule has 0 unspecified atom stereocenters. The molecule has 0 bridgehead atoms. The predicted octanol–water partition coefficient (Wildman–Crippen LogP) is 4.26. The third kappa shape index (κ3) is 8.14. The number of aromatic nitrogens is 1. The van der Waals surface area contributed by atoms with E-state index in [0.29, 0.717) is 37.4 Å². The number of hydrogen-bond donors (Lipinski definition) is 1. The first-order valence-electron chi connectivity index (χ1n) is 10.3. The van der Waals surface area contributed by atoms with Crippen LogP contribution >= 0.6 is 0 Å². The maximum Gasteiger partial charge on any atom is 0.273 e. The van der Waals surface area contributed by atoms with Gasteiger partial charge in [-0.15, -0.1) is 0 Å². The van der Waals surface area contributed by atoms with Crippen LogP contribution in [0, 0.1) is 17.8 Å². The van der Waals surface area contributed by atoms with Crippen molar-refractivity contribution in [3.8, 4) is 0 Å². The highest BCUT2D eigenvalue weighted by atomic mass is 16.3. The van der Waals surface area contributed by atoms with Crippen LogP contribution in [0.2, 0.25) is 0 Å². The minimum atomic E-state index is -0.241. The van der Waals surface area contributed by atoms with E-state index in [4.69, 9.17) is 4.42 Å². The fourth-order valence-corrected chi connectivity index (χ4v) is 2.92. The molecule has 1 atom stereocenters. The maximum absolute atomic E-state index is 13.0. The molecule has 0 aliphatic carbocycles. The Hall–Kier alpha value is -1.85. The number of unbranched alkanes of at least 4 members (excludes halogenated alkanes) is 1. The van der Waals surface area contributed by atoms with Crippen LogP contribution in [0.1, 0.15) is 83.6 Å². The Morgan fingerprint density at radius 1 is 1.19 bits per heavy atom. The summed E-state index contributed by atoms with van der Waals surface area (Å²) in [4.78, 5) is 31.3. The molecule has 0 spiro atoms. The quantitative estimate of drug-likeness (QED) is 0.589. The molecule has 1 N–H and O–H groups in total. The molecular weight excluding hydrogens is 342 g/mol. The summed E-state index contributed by atoms with van der Waals surface area (Å²) in [6, 6.07) is 0. The molecule has 0 saturated heterocycles. The first-order chi connectivity index (χ1) is 12.8. The van der Waals surface area contributed by atoms with Gasteiger partial charge >= 0.3 is 0 Å². The van der Waals surface area contributed by atoms with E-state index in [1.54, 1.807) is 0 Å². The maximum atomic E-state index is 13.0. The Morgan fingerprint density at radius 2 is 1.89 bits per heavy atom. The lowest BCUT2D eigenvalue weighted by atomic mass is 9.97. The summed E-state index contributed by atoms with van der Waals surface area (Å²) in [5.41, 5.74) is 0.264. The molecular formula is C21H37N3O3. The monoisotopic (exact) mass is 379 g/mol. The van der Waals surface area contributed by atoms with Crippen molar-refractivity contribution in [3.05, 3.63) is 17.8 Å². The van der Waals surface area contributed by atoms with Crippen molar-refractivity contribution >= 4 is 11.8 Å². The molecule has 0 aliphatic heterocycles. The van der Waals surface area contributed by atoms with Crippen molar-refractivity contribution in [3.63, 3.8) is 0 Å². The summed E-state index contributed by atoms with van der Waals surface area (Å²) in [6.07, 6.45) is 5.26. The Bertz CT molecular complexity index is 581. The summed E-state index contributed by atoms with van der Waals surface area (Å²) < 4.78 is 5.48. The molecule has 1 aromatic heterocycles. The number of rotatable bonds is 12. The minimum Gasteiger partial charge on any atom is -0.446 e. The van der Waals surface area contributed by atoms with Gasteiger partial charge in [-0.3, -0.25) is 9.59 Å². The Kier molecular flexibility index (Phi) is 10.1. The van der Waals surface area contributed by atoms with Gasteiger partial charge in [0.2, 0.25) is 11.8 Å². The highest BCUT2D eigenvalue weighted by Crippen LogP contribution is 2.19. The van der Waals surface area contributed by atoms with Crippen LogP contribution in [0.5, 0.6) is 0 Å². The minimum absolute atomic E-state index is 0.0347. The van der Waals surface area contributed by atoms with E-state index in [1.165, 1.54) is 6.26 Å². The number of carbonyl (C=O) groups excluding carboxylic acids is 2. The molecule has 2 amide bonds. The standard InChI is InChI=1S/C21H37N3O3/c1-7-9-10-17(8-2)21(26)24(12-16(5)6)13-19-23-18(14-27-19)20(25)22-11-15(3)4/h14-17H,7-13H2,1-6H3,(H,22,25)/t17-/m0/s1. The van der Waals surface area contributed by atoms with Gasteiger partial charge in [-0.05, 0) is 24.7 Å². The third-order valence-corrected chi connectivity index (χ3v) is 4.43. The lowest BCUT2D eigenvalue weighted by Crippen LogP contribution is -2.38. The van der Waals surface area contributed by atoms with Crippen LogP contribution < -0.4 is 5.32 Å². The van der Waals surface area contributed by atoms with Gasteiger partial charge in [0.05, 0.1) is 6.54 Å². The largest absolute Gasteiger partial charge is 0.446 e. The zero-order chi connectivity index (χ0) is 20.4. The first-order valence-corrected chi connectivity index (χ1v) is 10.3. The van der Waals surface area contributed by atoms with E-state index < -0.39 is 0 Å². The molecule has 154 valence electrons. The van der Waals surface area contributed by atoms with E-state index in [-0.39, 0.29) is 23.4 Å². The Balaban J connectivity index is 2.82. The third-order valence-electron chi connectivity index (χ3n) is 4.43. The van der Waals surface area contributed by atoms with Crippen LogP contribution in [0.4, 0.5) is 0 Å². The van der Waals surface area contributed by atoms with Crippen LogP contribution in [-0.4, -0.2) is 34.8 Å². The molecule has 0 aliphatic rings. The number of hydrogen-bond acceptors (Lipinski definition) is 4. The van der Waals surface area contributed by atoms with Crippen molar-refractivity contribution < 1.29 is 14.0 Å². The van der Waals surface area contributed by atoms with E-state index in [1.807, 2.05) is 18.7 Å². The molecule has 1 heterocycles. The fraction of sp³-hybridized carbons (Fsp3) is 0.762. The van der Waals surface area contributed by atoms with Crippen molar-refractivity contribution in [2.45, 2.75) is 73.8 Å². The summed E-state index contributed by atoms with van der Waals surface area (Å²) in [6.45, 7) is 14.0. The summed E-state index contributed by atoms with van der Waals surface area (Å²) in [7, 11) is 0. The van der Waals surface area contributed by atoms with Crippen LogP contribution in [-0.2, 0) is 11.3 Å². The number of nitrogens with one attached hydrogen (secondary N) is 1. The molecule has 0 fully saturated rings. The highest BCUT2D eigenvalue weighted by Gasteiger charge is 2.25. The molecule has 0 saturated carbocycles.